The molecule has 1 aromatic heterocycles. The van der Waals surface area contributed by atoms with Gasteiger partial charge in [0, 0.05) is 5.56 Å². The minimum absolute atomic E-state index is 0.0764. The van der Waals surface area contributed by atoms with E-state index in [1.807, 2.05) is 55.5 Å². The van der Waals surface area contributed by atoms with Gasteiger partial charge in [0.15, 0.2) is 0 Å². The number of nitrogens with one attached hydrogen (secondary N) is 1. The van der Waals surface area contributed by atoms with E-state index in [-0.39, 0.29) is 18.4 Å². The van der Waals surface area contributed by atoms with Gasteiger partial charge in [-0.15, -0.1) is 0 Å². The van der Waals surface area contributed by atoms with Crippen LogP contribution in [0.4, 0.5) is 5.82 Å². The van der Waals surface area contributed by atoms with Crippen LogP contribution in [0.2, 0.25) is 0 Å². The lowest BCUT2D eigenvalue weighted by Gasteiger charge is -2.25. The highest BCUT2D eigenvalue weighted by Gasteiger charge is 2.24. The minimum atomic E-state index is -0.201. The van der Waals surface area contributed by atoms with Crippen molar-refractivity contribution in [3.8, 4) is 5.69 Å². The van der Waals surface area contributed by atoms with E-state index in [0.29, 0.717) is 12.4 Å². The first kappa shape index (κ1) is 16.5. The Bertz CT molecular complexity index is 918. The summed E-state index contributed by atoms with van der Waals surface area (Å²) in [5.74, 6) is 0.623. The molecule has 3 aromatic rings. The molecule has 1 atom stereocenters. The number of amides is 1. The van der Waals surface area contributed by atoms with Gasteiger partial charge in [-0.1, -0.05) is 42.5 Å². The Hall–Kier alpha value is -2.92. The Balaban J connectivity index is 1.53. The molecule has 5 heteroatoms. The van der Waals surface area contributed by atoms with Gasteiger partial charge < -0.3 is 10.1 Å². The number of hydrogen-bond donors (Lipinski definition) is 1. The summed E-state index contributed by atoms with van der Waals surface area (Å²) in [4.78, 5) is 12.7. The highest BCUT2D eigenvalue weighted by Crippen LogP contribution is 2.30. The molecule has 132 valence electrons. The van der Waals surface area contributed by atoms with Crippen molar-refractivity contribution in [3.63, 3.8) is 0 Å². The molecule has 1 amide bonds. The van der Waals surface area contributed by atoms with Crippen molar-refractivity contribution in [1.29, 1.82) is 0 Å². The SMILES string of the molecule is Cc1cnn(-c2ccccc2)c1NC(=O)C[C@H]1OCCc2ccccc21. The Morgan fingerprint density at radius 1 is 1.19 bits per heavy atom. The molecule has 1 N–H and O–H groups in total. The van der Waals surface area contributed by atoms with E-state index in [0.717, 1.165) is 23.2 Å². The Morgan fingerprint density at radius 2 is 1.96 bits per heavy atom. The van der Waals surface area contributed by atoms with E-state index in [1.54, 1.807) is 10.9 Å². The van der Waals surface area contributed by atoms with Gasteiger partial charge in [-0.3, -0.25) is 4.79 Å². The van der Waals surface area contributed by atoms with E-state index in [4.69, 9.17) is 4.74 Å². The van der Waals surface area contributed by atoms with Gasteiger partial charge in [0.1, 0.15) is 5.82 Å². The summed E-state index contributed by atoms with van der Waals surface area (Å²) in [6, 6.07) is 18.0. The molecule has 0 bridgehead atoms. The predicted molar refractivity (Wildman–Crippen MR) is 100 cm³/mol. The molecule has 0 saturated carbocycles. The lowest BCUT2D eigenvalue weighted by atomic mass is 9.95. The summed E-state index contributed by atoms with van der Waals surface area (Å²) in [5.41, 5.74) is 4.21. The van der Waals surface area contributed by atoms with E-state index in [2.05, 4.69) is 16.5 Å². The fraction of sp³-hybridized carbons (Fsp3) is 0.238. The third-order valence-corrected chi connectivity index (χ3v) is 4.67. The average Bonchev–Trinajstić information content (AvgIpc) is 3.03. The fourth-order valence-corrected chi connectivity index (χ4v) is 3.34. The summed E-state index contributed by atoms with van der Waals surface area (Å²) in [5, 5.41) is 7.41. The van der Waals surface area contributed by atoms with E-state index in [1.165, 1.54) is 5.56 Å². The number of rotatable bonds is 4. The number of benzene rings is 2. The number of para-hydroxylation sites is 1. The first-order valence-electron chi connectivity index (χ1n) is 8.81. The van der Waals surface area contributed by atoms with Crippen molar-refractivity contribution >= 4 is 11.7 Å². The number of aromatic nitrogens is 2. The van der Waals surface area contributed by atoms with E-state index >= 15 is 0 Å². The van der Waals surface area contributed by atoms with Crippen LogP contribution in [-0.4, -0.2) is 22.3 Å². The number of hydrogen-bond acceptors (Lipinski definition) is 3. The van der Waals surface area contributed by atoms with Crippen LogP contribution in [-0.2, 0) is 16.0 Å². The zero-order valence-electron chi connectivity index (χ0n) is 14.7. The molecule has 2 aromatic carbocycles. The molecule has 1 aliphatic rings. The highest BCUT2D eigenvalue weighted by molar-refractivity contribution is 5.91. The molecule has 0 fully saturated rings. The minimum Gasteiger partial charge on any atom is -0.373 e. The van der Waals surface area contributed by atoms with Crippen LogP contribution in [0.1, 0.15) is 29.2 Å². The van der Waals surface area contributed by atoms with Gasteiger partial charge in [0.2, 0.25) is 5.91 Å². The number of ether oxygens (including phenoxy) is 1. The Morgan fingerprint density at radius 3 is 2.81 bits per heavy atom. The standard InChI is InChI=1S/C21H21N3O2/c1-15-14-22-24(17-8-3-2-4-9-17)21(15)23-20(25)13-19-18-10-6-5-7-16(18)11-12-26-19/h2-10,14,19H,11-13H2,1H3,(H,23,25)/t19-/m1/s1. The molecule has 2 heterocycles. The molecule has 1 aliphatic heterocycles. The van der Waals surface area contributed by atoms with Crippen LogP contribution in [0.3, 0.4) is 0 Å². The smallest absolute Gasteiger partial charge is 0.228 e. The lowest BCUT2D eigenvalue weighted by Crippen LogP contribution is -2.23. The van der Waals surface area contributed by atoms with Crippen LogP contribution >= 0.6 is 0 Å². The molecular formula is C21H21N3O2. The zero-order valence-corrected chi connectivity index (χ0v) is 14.7. The van der Waals surface area contributed by atoms with Crippen LogP contribution in [0.15, 0.2) is 60.8 Å². The largest absolute Gasteiger partial charge is 0.373 e. The Labute approximate surface area is 152 Å². The third-order valence-electron chi connectivity index (χ3n) is 4.67. The summed E-state index contributed by atoms with van der Waals surface area (Å²) in [6.07, 6.45) is 2.74. The predicted octanol–water partition coefficient (Wildman–Crippen LogP) is 3.82. The first-order chi connectivity index (χ1) is 12.7. The van der Waals surface area contributed by atoms with E-state index in [9.17, 15) is 4.79 Å². The van der Waals surface area contributed by atoms with Gasteiger partial charge in [-0.05, 0) is 36.6 Å². The van der Waals surface area contributed by atoms with Crippen LogP contribution in [0.25, 0.3) is 5.69 Å². The van der Waals surface area contributed by atoms with Crippen molar-refractivity contribution in [2.24, 2.45) is 0 Å². The maximum atomic E-state index is 12.7. The number of fused-ring (bicyclic) bond motifs is 1. The number of carbonyl (C=O) groups is 1. The molecule has 26 heavy (non-hydrogen) atoms. The van der Waals surface area contributed by atoms with Crippen LogP contribution < -0.4 is 5.32 Å². The average molecular weight is 347 g/mol. The number of nitrogens with zero attached hydrogens (tertiary/aromatic N) is 2. The second kappa shape index (κ2) is 7.14. The zero-order chi connectivity index (χ0) is 17.9. The van der Waals surface area contributed by atoms with Gasteiger partial charge >= 0.3 is 0 Å². The van der Waals surface area contributed by atoms with E-state index < -0.39 is 0 Å². The Kier molecular flexibility index (Phi) is 4.54. The van der Waals surface area contributed by atoms with Crippen LogP contribution in [0, 0.1) is 6.92 Å². The monoisotopic (exact) mass is 347 g/mol. The number of aryl methyl sites for hydroxylation is 1. The lowest BCUT2D eigenvalue weighted by molar-refractivity contribution is -0.119. The van der Waals surface area contributed by atoms with Gasteiger partial charge in [-0.2, -0.15) is 5.10 Å². The fourth-order valence-electron chi connectivity index (χ4n) is 3.34. The van der Waals surface area contributed by atoms with Crippen molar-refractivity contribution in [1.82, 2.24) is 9.78 Å². The van der Waals surface area contributed by atoms with Crippen LogP contribution in [0.5, 0.6) is 0 Å². The van der Waals surface area contributed by atoms with Crippen molar-refractivity contribution in [2.75, 3.05) is 11.9 Å². The maximum Gasteiger partial charge on any atom is 0.228 e. The quantitative estimate of drug-likeness (QED) is 0.780. The third kappa shape index (κ3) is 3.26. The summed E-state index contributed by atoms with van der Waals surface area (Å²) < 4.78 is 7.61. The van der Waals surface area contributed by atoms with Crippen molar-refractivity contribution in [3.05, 3.63) is 77.5 Å². The topological polar surface area (TPSA) is 56.2 Å². The van der Waals surface area contributed by atoms with Crippen molar-refractivity contribution in [2.45, 2.75) is 25.9 Å². The molecule has 0 spiro atoms. The molecule has 0 aliphatic carbocycles. The normalized spacial score (nSPS) is 16.1. The molecule has 5 nitrogen and oxygen atoms in total. The highest BCUT2D eigenvalue weighted by atomic mass is 16.5. The summed E-state index contributed by atoms with van der Waals surface area (Å²) in [6.45, 7) is 2.59. The molecule has 0 radical (unpaired) electrons. The van der Waals surface area contributed by atoms with Gasteiger partial charge in [0.05, 0.1) is 31.0 Å². The molecule has 4 rings (SSSR count). The first-order valence-corrected chi connectivity index (χ1v) is 8.81. The molecule has 0 saturated heterocycles. The van der Waals surface area contributed by atoms with Gasteiger partial charge in [0.25, 0.3) is 0 Å². The summed E-state index contributed by atoms with van der Waals surface area (Å²) in [7, 11) is 0. The van der Waals surface area contributed by atoms with Gasteiger partial charge in [-0.25, -0.2) is 4.68 Å². The number of anilines is 1. The second-order valence-corrected chi connectivity index (χ2v) is 6.48. The molecule has 0 unspecified atom stereocenters. The summed E-state index contributed by atoms with van der Waals surface area (Å²) >= 11 is 0. The molecular weight excluding hydrogens is 326 g/mol. The maximum absolute atomic E-state index is 12.7. The van der Waals surface area contributed by atoms with Crippen molar-refractivity contribution < 1.29 is 9.53 Å². The number of carbonyl (C=O) groups excluding carboxylic acids is 1. The second-order valence-electron chi connectivity index (χ2n) is 6.48.